The summed E-state index contributed by atoms with van der Waals surface area (Å²) in [5, 5.41) is 0. The van der Waals surface area contributed by atoms with Gasteiger partial charge in [-0.05, 0) is 0 Å². The molecule has 8 heteroatoms. The molecule has 0 aromatic rings. The summed E-state index contributed by atoms with van der Waals surface area (Å²) >= 11 is 0. The van der Waals surface area contributed by atoms with Crippen molar-refractivity contribution in [2.24, 2.45) is 0 Å². The fourth-order valence-electron chi connectivity index (χ4n) is 0. The van der Waals surface area contributed by atoms with Crippen molar-refractivity contribution in [1.82, 2.24) is 6.15 Å². The quantitative estimate of drug-likeness (QED) is 0.326. The molecule has 8 heavy (non-hydrogen) atoms. The van der Waals surface area contributed by atoms with Crippen LogP contribution in [0.5, 0.6) is 0 Å². The van der Waals surface area contributed by atoms with Crippen LogP contribution in [0.2, 0.25) is 0 Å². The number of rotatable bonds is 0. The zero-order chi connectivity index (χ0) is 4.50. The molecule has 0 spiro atoms. The normalized spacial score (nSPS) is 7.25. The number of hydrogen-bond acceptors (Lipinski definition) is 3. The van der Waals surface area contributed by atoms with Gasteiger partial charge >= 0.3 is 33.5 Å². The van der Waals surface area contributed by atoms with Gasteiger partial charge in [-0.1, -0.05) is 0 Å². The Bertz CT molecular complexity index is 99.2. The largest absolute Gasteiger partial charge is 0.394 e. The van der Waals surface area contributed by atoms with E-state index in [2.05, 4.69) is 0 Å². The van der Waals surface area contributed by atoms with E-state index in [-0.39, 0.29) is 46.3 Å². The summed E-state index contributed by atoms with van der Waals surface area (Å²) < 4.78 is 31.6. The Morgan fingerprint density at radius 2 is 1.12 bits per heavy atom. The molecule has 0 aliphatic rings. The number of hydrogen-bond donors (Lipinski definition) is 3. The Hall–Kier alpha value is 1.12. The van der Waals surface area contributed by atoms with Gasteiger partial charge < -0.3 is 6.15 Å². The molecule has 5 N–H and O–H groups in total. The molecule has 51 valence electrons. The molecule has 0 amide bonds. The van der Waals surface area contributed by atoms with Crippen LogP contribution in [0.1, 0.15) is 0 Å². The van der Waals surface area contributed by atoms with Gasteiger partial charge in [-0.15, -0.1) is 0 Å². The molecule has 0 heterocycles. The molecule has 0 aromatic carbocycles. The van der Waals surface area contributed by atoms with E-state index in [4.69, 9.17) is 17.5 Å². The van der Waals surface area contributed by atoms with E-state index in [1.165, 1.54) is 0 Å². The third-order valence-corrected chi connectivity index (χ3v) is 0. The van der Waals surface area contributed by atoms with Crippen molar-refractivity contribution >= 4 is 33.5 Å². The summed E-state index contributed by atoms with van der Waals surface area (Å²) in [7, 11) is -4.67. The summed E-state index contributed by atoms with van der Waals surface area (Å²) in [4.78, 5) is 0. The van der Waals surface area contributed by atoms with Crippen molar-refractivity contribution in [1.29, 1.82) is 0 Å². The van der Waals surface area contributed by atoms with Crippen molar-refractivity contribution in [2.75, 3.05) is 0 Å². The third kappa shape index (κ3) is 214. The van der Waals surface area contributed by atoms with Crippen LogP contribution in [0.15, 0.2) is 0 Å². The van der Waals surface area contributed by atoms with Gasteiger partial charge in [0, 0.05) is 17.1 Å². The maximum atomic E-state index is 8.74. The maximum Gasteiger partial charge on any atom is 0.394 e. The molecule has 0 aliphatic heterocycles. The Kier molecular flexibility index (Phi) is 23.3. The second kappa shape index (κ2) is 8.12. The summed E-state index contributed by atoms with van der Waals surface area (Å²) in [6, 6.07) is 0. The molecule has 0 saturated carbocycles. The molecule has 0 unspecified atom stereocenters. The van der Waals surface area contributed by atoms with E-state index >= 15 is 0 Å². The monoisotopic (exact) mass is 196 g/mol. The van der Waals surface area contributed by atoms with Crippen LogP contribution in [-0.4, -0.2) is 40.6 Å². The van der Waals surface area contributed by atoms with Crippen LogP contribution >= 0.6 is 0 Å². The minimum absolute atomic E-state index is 0. The van der Waals surface area contributed by atoms with E-state index in [9.17, 15) is 0 Å². The third-order valence-electron chi connectivity index (χ3n) is 0. The molecule has 0 rings (SSSR count). The van der Waals surface area contributed by atoms with Gasteiger partial charge in [0.05, 0.1) is 0 Å². The maximum absolute atomic E-state index is 8.74. The molecule has 0 saturated heterocycles. The van der Waals surface area contributed by atoms with Crippen LogP contribution in [-0.2, 0) is 27.5 Å². The van der Waals surface area contributed by atoms with Crippen molar-refractivity contribution < 1.29 is 34.6 Å². The minimum Gasteiger partial charge on any atom is -0.344 e. The van der Waals surface area contributed by atoms with Crippen molar-refractivity contribution in [3.05, 3.63) is 0 Å². The molecule has 5 nitrogen and oxygen atoms in total. The standard InChI is InChI=1S/Mg.Mn.H3N.H2O4S.2H/c;;;1-5(2,3)4;;/h;;1H3;(H2,1,2,3,4);;. The Morgan fingerprint density at radius 3 is 1.12 bits per heavy atom. The first-order chi connectivity index (χ1) is 2.00. The van der Waals surface area contributed by atoms with Gasteiger partial charge in [-0.2, -0.15) is 8.42 Å². The molecule has 0 aliphatic carbocycles. The summed E-state index contributed by atoms with van der Waals surface area (Å²) in [6.07, 6.45) is 0. The van der Waals surface area contributed by atoms with Crippen molar-refractivity contribution in [3.63, 3.8) is 0 Å². The van der Waals surface area contributed by atoms with E-state index in [1.54, 1.807) is 0 Å². The molecule has 0 atom stereocenters. The zero-order valence-corrected chi connectivity index (χ0v) is 5.20. The fraction of sp³-hybridized carbons (Fsp3) is 0. The Balaban J connectivity index is -0.0000000267. The summed E-state index contributed by atoms with van der Waals surface area (Å²) in [6.45, 7) is 0. The molecule has 0 fully saturated rings. The van der Waals surface area contributed by atoms with Gasteiger partial charge in [0.2, 0.25) is 0 Å². The topological polar surface area (TPSA) is 110 Å². The van der Waals surface area contributed by atoms with E-state index in [0.29, 0.717) is 0 Å². The van der Waals surface area contributed by atoms with Gasteiger partial charge in [0.15, 0.2) is 0 Å². The van der Waals surface area contributed by atoms with Crippen LogP contribution in [0.3, 0.4) is 0 Å². The van der Waals surface area contributed by atoms with Crippen molar-refractivity contribution in [2.45, 2.75) is 0 Å². The first-order valence-electron chi connectivity index (χ1n) is 0.698. The predicted octanol–water partition coefficient (Wildman–Crippen LogP) is -1.41. The van der Waals surface area contributed by atoms with Gasteiger partial charge in [0.1, 0.15) is 0 Å². The molecule has 0 aromatic heterocycles. The molecular weight excluding hydrogens is 189 g/mol. The summed E-state index contributed by atoms with van der Waals surface area (Å²) in [5.41, 5.74) is 0. The van der Waals surface area contributed by atoms with Crippen LogP contribution in [0.25, 0.3) is 0 Å². The van der Waals surface area contributed by atoms with E-state index in [0.717, 1.165) is 0 Å². The first kappa shape index (κ1) is 22.9. The fourth-order valence-corrected chi connectivity index (χ4v) is 0. The van der Waals surface area contributed by atoms with Crippen LogP contribution in [0, 0.1) is 0 Å². The molecular formula is H7MgMnNO4S. The van der Waals surface area contributed by atoms with E-state index < -0.39 is 10.4 Å². The van der Waals surface area contributed by atoms with Gasteiger partial charge in [-0.25, -0.2) is 0 Å². The van der Waals surface area contributed by atoms with E-state index in [1.807, 2.05) is 0 Å². The summed E-state index contributed by atoms with van der Waals surface area (Å²) in [5.74, 6) is 0. The van der Waals surface area contributed by atoms with Crippen molar-refractivity contribution in [3.8, 4) is 0 Å². The average molecular weight is 196 g/mol. The van der Waals surface area contributed by atoms with Crippen LogP contribution < -0.4 is 6.15 Å². The van der Waals surface area contributed by atoms with Gasteiger partial charge in [-0.3, -0.25) is 9.11 Å². The predicted molar refractivity (Wildman–Crippen MR) is 27.7 cm³/mol. The average Bonchev–Trinajstić information content (AvgIpc) is 0.722. The second-order valence-electron chi connectivity index (χ2n) is 0.448. The Labute approximate surface area is 74.0 Å². The SMILES string of the molecule is N.O=S(=O)(O)O.[MgH2].[Mn]. The zero-order valence-electron chi connectivity index (χ0n) is 3.20. The minimum atomic E-state index is -4.67. The first-order valence-corrected chi connectivity index (χ1v) is 2.10. The molecule has 1 radical (unpaired) electrons. The smallest absolute Gasteiger partial charge is 0.344 e. The molecule has 0 bridgehead atoms. The van der Waals surface area contributed by atoms with Gasteiger partial charge in [0.25, 0.3) is 0 Å². The Morgan fingerprint density at radius 1 is 1.12 bits per heavy atom. The second-order valence-corrected chi connectivity index (χ2v) is 1.34. The van der Waals surface area contributed by atoms with Crippen LogP contribution in [0.4, 0.5) is 0 Å².